The third-order valence-corrected chi connectivity index (χ3v) is 5.50. The molecule has 0 aliphatic carbocycles. The zero-order valence-corrected chi connectivity index (χ0v) is 15.9. The monoisotopic (exact) mass is 358 g/mol. The van der Waals surface area contributed by atoms with E-state index in [0.717, 1.165) is 31.7 Å². The zero-order chi connectivity index (χ0) is 18.0. The molecular weight excluding hydrogens is 332 g/mol. The van der Waals surface area contributed by atoms with Gasteiger partial charge in [-0.05, 0) is 11.0 Å². The number of nitrogens with one attached hydrogen (secondary N) is 1. The third kappa shape index (κ3) is 4.45. The number of rotatable bonds is 4. The van der Waals surface area contributed by atoms with Gasteiger partial charge in [-0.15, -0.1) is 11.3 Å². The molecule has 1 atom stereocenters. The number of nitrogens with zero attached hydrogens (tertiary/aromatic N) is 2. The maximum Gasteiger partial charge on any atom is 0.243 e. The van der Waals surface area contributed by atoms with E-state index in [1.807, 2.05) is 26.8 Å². The second-order valence-electron chi connectivity index (χ2n) is 7.67. The average molecular weight is 359 g/mol. The van der Waals surface area contributed by atoms with Crippen LogP contribution in [0.15, 0.2) is 30.3 Å². The van der Waals surface area contributed by atoms with Gasteiger partial charge >= 0.3 is 0 Å². The second-order valence-corrected chi connectivity index (χ2v) is 8.75. The fraction of sp³-hybridized carbons (Fsp3) is 0.474. The van der Waals surface area contributed by atoms with Crippen molar-refractivity contribution in [3.05, 3.63) is 46.5 Å². The van der Waals surface area contributed by atoms with Gasteiger partial charge in [-0.25, -0.2) is 4.98 Å². The molecule has 25 heavy (non-hydrogen) atoms. The maximum absolute atomic E-state index is 12.3. The average Bonchev–Trinajstić information content (AvgIpc) is 2.95. The summed E-state index contributed by atoms with van der Waals surface area (Å²) in [6.07, 6.45) is 0.917. The Bertz CT molecular complexity index is 736. The van der Waals surface area contributed by atoms with Crippen molar-refractivity contribution in [2.75, 3.05) is 11.9 Å². The first-order valence-corrected chi connectivity index (χ1v) is 9.46. The van der Waals surface area contributed by atoms with Gasteiger partial charge in [-0.1, -0.05) is 51.1 Å². The largest absolute Gasteiger partial charge is 0.319 e. The topological polar surface area (TPSA) is 71.2 Å². The molecule has 3 rings (SSSR count). The number of hydrogen-bond donors (Lipinski definition) is 2. The summed E-state index contributed by atoms with van der Waals surface area (Å²) in [7, 11) is 0. The summed E-state index contributed by atoms with van der Waals surface area (Å²) in [6.45, 7) is 8.70. The lowest BCUT2D eigenvalue weighted by atomic mass is 9.87. The lowest BCUT2D eigenvalue weighted by molar-refractivity contribution is -0.119. The number of nitrogens with two attached hydrogens (primary N) is 1. The molecule has 2 heterocycles. The van der Waals surface area contributed by atoms with Gasteiger partial charge in [0.2, 0.25) is 5.91 Å². The number of hydrogen-bond acceptors (Lipinski definition) is 5. The highest BCUT2D eigenvalue weighted by Gasteiger charge is 2.29. The van der Waals surface area contributed by atoms with E-state index >= 15 is 0 Å². The van der Waals surface area contributed by atoms with Gasteiger partial charge < -0.3 is 11.1 Å². The summed E-state index contributed by atoms with van der Waals surface area (Å²) in [6, 6.07) is 9.94. The van der Waals surface area contributed by atoms with E-state index < -0.39 is 6.04 Å². The molecule has 3 N–H and O–H groups in total. The number of thiazole rings is 1. The quantitative estimate of drug-likeness (QED) is 0.881. The lowest BCUT2D eigenvalue weighted by Gasteiger charge is -2.25. The maximum atomic E-state index is 12.3. The Hall–Kier alpha value is -1.76. The molecule has 1 aliphatic rings. The Morgan fingerprint density at radius 2 is 2.08 bits per heavy atom. The lowest BCUT2D eigenvalue weighted by Crippen LogP contribution is -2.45. The molecule has 0 bridgehead atoms. The first-order chi connectivity index (χ1) is 11.8. The van der Waals surface area contributed by atoms with Crippen molar-refractivity contribution in [2.24, 2.45) is 11.1 Å². The molecule has 0 fully saturated rings. The van der Waals surface area contributed by atoms with Crippen LogP contribution in [-0.4, -0.2) is 28.4 Å². The van der Waals surface area contributed by atoms with Gasteiger partial charge in [0, 0.05) is 30.9 Å². The normalized spacial score (nSPS) is 16.3. The summed E-state index contributed by atoms with van der Waals surface area (Å²) in [5.41, 5.74) is 8.18. The number of aromatic nitrogens is 1. The Labute approximate surface area is 153 Å². The minimum Gasteiger partial charge on any atom is -0.319 e. The number of carbonyl (C=O) groups excluding carboxylic acids is 1. The predicted octanol–water partition coefficient (Wildman–Crippen LogP) is 3.01. The Morgan fingerprint density at radius 1 is 1.36 bits per heavy atom. The van der Waals surface area contributed by atoms with Crippen LogP contribution in [0.5, 0.6) is 0 Å². The molecule has 1 aromatic heterocycles. The van der Waals surface area contributed by atoms with Crippen LogP contribution in [0.1, 0.15) is 36.9 Å². The van der Waals surface area contributed by atoms with E-state index in [9.17, 15) is 4.79 Å². The van der Waals surface area contributed by atoms with Crippen LogP contribution in [0.25, 0.3) is 0 Å². The third-order valence-electron chi connectivity index (χ3n) is 4.50. The minimum absolute atomic E-state index is 0.167. The van der Waals surface area contributed by atoms with E-state index in [1.165, 1.54) is 10.4 Å². The highest BCUT2D eigenvalue weighted by atomic mass is 32.1. The van der Waals surface area contributed by atoms with Crippen LogP contribution in [0.2, 0.25) is 0 Å². The van der Waals surface area contributed by atoms with E-state index in [4.69, 9.17) is 5.73 Å². The number of fused-ring (bicyclic) bond motifs is 1. The van der Waals surface area contributed by atoms with Gasteiger partial charge in [0.1, 0.15) is 0 Å². The Morgan fingerprint density at radius 3 is 2.76 bits per heavy atom. The second kappa shape index (κ2) is 7.23. The summed E-state index contributed by atoms with van der Waals surface area (Å²) < 4.78 is 0. The van der Waals surface area contributed by atoms with Gasteiger partial charge in [-0.3, -0.25) is 9.69 Å². The van der Waals surface area contributed by atoms with E-state index in [2.05, 4.69) is 39.5 Å². The number of carbonyl (C=O) groups is 1. The molecule has 6 heteroatoms. The van der Waals surface area contributed by atoms with Gasteiger partial charge in [0.15, 0.2) is 5.13 Å². The molecule has 2 aromatic rings. The first kappa shape index (κ1) is 18.0. The van der Waals surface area contributed by atoms with Crippen LogP contribution in [0.3, 0.4) is 0 Å². The molecule has 5 nitrogen and oxygen atoms in total. The summed E-state index contributed by atoms with van der Waals surface area (Å²) in [5.74, 6) is -0.167. The van der Waals surface area contributed by atoms with Crippen LogP contribution in [0, 0.1) is 5.41 Å². The van der Waals surface area contributed by atoms with Crippen molar-refractivity contribution in [1.29, 1.82) is 0 Å². The summed E-state index contributed by atoms with van der Waals surface area (Å²) in [5, 5.41) is 3.56. The molecule has 1 aromatic carbocycles. The van der Waals surface area contributed by atoms with Gasteiger partial charge in [0.05, 0.1) is 11.7 Å². The molecule has 1 aliphatic heterocycles. The molecule has 0 radical (unpaired) electrons. The number of amides is 1. The van der Waals surface area contributed by atoms with E-state index in [0.29, 0.717) is 5.13 Å². The van der Waals surface area contributed by atoms with Crippen LogP contribution < -0.4 is 11.1 Å². The fourth-order valence-corrected chi connectivity index (χ4v) is 3.91. The SMILES string of the molecule is CC(C)(C)[C@H](N)C(=O)Nc1nc2c(s1)CN(Cc1ccccc1)CC2. The van der Waals surface area contributed by atoms with Crippen molar-refractivity contribution in [3.8, 4) is 0 Å². The highest BCUT2D eigenvalue weighted by molar-refractivity contribution is 7.15. The number of anilines is 1. The summed E-state index contributed by atoms with van der Waals surface area (Å²) >= 11 is 1.57. The molecule has 134 valence electrons. The molecular formula is C19H26N4OS. The molecule has 0 saturated carbocycles. The molecule has 0 spiro atoms. The predicted molar refractivity (Wildman–Crippen MR) is 102 cm³/mol. The van der Waals surface area contributed by atoms with E-state index in [1.54, 1.807) is 11.3 Å². The smallest absolute Gasteiger partial charge is 0.243 e. The minimum atomic E-state index is -0.553. The molecule has 1 amide bonds. The Kier molecular flexibility index (Phi) is 5.22. The van der Waals surface area contributed by atoms with Crippen molar-refractivity contribution in [1.82, 2.24) is 9.88 Å². The van der Waals surface area contributed by atoms with Gasteiger partial charge in [0.25, 0.3) is 0 Å². The highest BCUT2D eigenvalue weighted by Crippen LogP contribution is 2.29. The van der Waals surface area contributed by atoms with Crippen molar-refractivity contribution >= 4 is 22.4 Å². The van der Waals surface area contributed by atoms with Gasteiger partial charge in [-0.2, -0.15) is 0 Å². The number of benzene rings is 1. The van der Waals surface area contributed by atoms with Crippen molar-refractivity contribution in [2.45, 2.75) is 46.3 Å². The van der Waals surface area contributed by atoms with Crippen LogP contribution >= 0.6 is 11.3 Å². The Balaban J connectivity index is 1.64. The van der Waals surface area contributed by atoms with Crippen LogP contribution in [-0.2, 0) is 24.3 Å². The van der Waals surface area contributed by atoms with Crippen molar-refractivity contribution < 1.29 is 4.79 Å². The first-order valence-electron chi connectivity index (χ1n) is 8.64. The molecule has 0 unspecified atom stereocenters. The zero-order valence-electron chi connectivity index (χ0n) is 15.1. The fourth-order valence-electron chi connectivity index (χ4n) is 2.85. The summed E-state index contributed by atoms with van der Waals surface area (Å²) in [4.78, 5) is 20.6. The van der Waals surface area contributed by atoms with Crippen LogP contribution in [0.4, 0.5) is 5.13 Å². The van der Waals surface area contributed by atoms with Crippen molar-refractivity contribution in [3.63, 3.8) is 0 Å². The van der Waals surface area contributed by atoms with E-state index in [-0.39, 0.29) is 11.3 Å². The standard InChI is InChI=1S/C19H26N4OS/c1-19(2,3)16(20)17(24)22-18-21-14-9-10-23(12-15(14)25-18)11-13-7-5-4-6-8-13/h4-8,16H,9-12,20H2,1-3H3,(H,21,22,24)/t16-/m1/s1. The molecule has 0 saturated heterocycles.